The molecule has 0 aliphatic heterocycles. The van der Waals surface area contributed by atoms with Crippen LogP contribution < -0.4 is 11.1 Å². The number of unbranched alkanes of at least 4 members (excludes halogenated alkanes) is 1. The van der Waals surface area contributed by atoms with Crippen molar-refractivity contribution in [3.8, 4) is 0 Å². The monoisotopic (exact) mass is 330 g/mol. The van der Waals surface area contributed by atoms with E-state index < -0.39 is 23.7 Å². The molecule has 0 bridgehead atoms. The molecule has 6 nitrogen and oxygen atoms in total. The van der Waals surface area contributed by atoms with E-state index in [4.69, 9.17) is 15.2 Å². The lowest BCUT2D eigenvalue weighted by atomic mass is 10.0. The van der Waals surface area contributed by atoms with Crippen LogP contribution in [-0.2, 0) is 14.3 Å². The van der Waals surface area contributed by atoms with E-state index in [1.807, 2.05) is 27.7 Å². The highest BCUT2D eigenvalue weighted by Gasteiger charge is 2.23. The standard InChI is InChI=1S/C17H34N2O4/c1-7-8-9-14(15(18)20)22-11-13(10-12(2)3)19-16(21)23-17(4,5)6/h12-14H,7-11H2,1-6H3,(H2,18,20)(H,19,21)/t13-,14-/m0/s1. The Bertz CT molecular complexity index is 364. The molecule has 6 heteroatoms. The molecule has 0 heterocycles. The molecule has 0 aliphatic rings. The summed E-state index contributed by atoms with van der Waals surface area (Å²) in [5, 5.41) is 2.82. The zero-order chi connectivity index (χ0) is 18.0. The van der Waals surface area contributed by atoms with Gasteiger partial charge in [-0.15, -0.1) is 0 Å². The summed E-state index contributed by atoms with van der Waals surface area (Å²) in [7, 11) is 0. The number of amides is 2. The first-order valence-corrected chi connectivity index (χ1v) is 8.45. The number of nitrogens with two attached hydrogens (primary N) is 1. The molecule has 23 heavy (non-hydrogen) atoms. The fraction of sp³-hybridized carbons (Fsp3) is 0.882. The van der Waals surface area contributed by atoms with Crippen LogP contribution in [0.4, 0.5) is 4.79 Å². The number of ether oxygens (including phenoxy) is 2. The van der Waals surface area contributed by atoms with Gasteiger partial charge in [-0.3, -0.25) is 4.79 Å². The largest absolute Gasteiger partial charge is 0.444 e. The number of carbonyl (C=O) groups excluding carboxylic acids is 2. The van der Waals surface area contributed by atoms with Gasteiger partial charge in [0.05, 0.1) is 12.6 Å². The van der Waals surface area contributed by atoms with E-state index in [0.29, 0.717) is 12.3 Å². The third kappa shape index (κ3) is 11.9. The zero-order valence-corrected chi connectivity index (χ0v) is 15.5. The van der Waals surface area contributed by atoms with Crippen molar-refractivity contribution in [1.82, 2.24) is 5.32 Å². The Morgan fingerprint density at radius 1 is 1.22 bits per heavy atom. The Labute approximate surface area is 140 Å². The van der Waals surface area contributed by atoms with Gasteiger partial charge in [-0.05, 0) is 39.5 Å². The normalized spacial score (nSPS) is 14.4. The minimum absolute atomic E-state index is 0.215. The van der Waals surface area contributed by atoms with E-state index in [2.05, 4.69) is 19.2 Å². The lowest BCUT2D eigenvalue weighted by molar-refractivity contribution is -0.130. The second-order valence-electron chi connectivity index (χ2n) is 7.34. The van der Waals surface area contributed by atoms with Gasteiger partial charge in [-0.1, -0.05) is 33.6 Å². The Kier molecular flexibility index (Phi) is 9.88. The number of alkyl carbamates (subject to hydrolysis) is 1. The smallest absolute Gasteiger partial charge is 0.407 e. The van der Waals surface area contributed by atoms with Gasteiger partial charge in [0.25, 0.3) is 0 Å². The Hall–Kier alpha value is -1.30. The Morgan fingerprint density at radius 2 is 1.83 bits per heavy atom. The van der Waals surface area contributed by atoms with E-state index in [9.17, 15) is 9.59 Å². The minimum Gasteiger partial charge on any atom is -0.444 e. The van der Waals surface area contributed by atoms with Gasteiger partial charge in [0.1, 0.15) is 11.7 Å². The first kappa shape index (κ1) is 21.7. The van der Waals surface area contributed by atoms with Crippen molar-refractivity contribution in [3.05, 3.63) is 0 Å². The van der Waals surface area contributed by atoms with Gasteiger partial charge in [-0.2, -0.15) is 0 Å². The van der Waals surface area contributed by atoms with Gasteiger partial charge < -0.3 is 20.5 Å². The quantitative estimate of drug-likeness (QED) is 0.644. The molecule has 0 unspecified atom stereocenters. The highest BCUT2D eigenvalue weighted by Crippen LogP contribution is 2.11. The molecule has 2 atom stereocenters. The minimum atomic E-state index is -0.606. The molecule has 3 N–H and O–H groups in total. The Balaban J connectivity index is 4.59. The van der Waals surface area contributed by atoms with Crippen LogP contribution in [0.1, 0.15) is 67.2 Å². The molecular formula is C17H34N2O4. The molecule has 0 fully saturated rings. The molecule has 0 radical (unpaired) electrons. The van der Waals surface area contributed by atoms with Crippen molar-refractivity contribution < 1.29 is 19.1 Å². The lowest BCUT2D eigenvalue weighted by Crippen LogP contribution is -2.44. The fourth-order valence-corrected chi connectivity index (χ4v) is 2.14. The maximum absolute atomic E-state index is 11.9. The maximum atomic E-state index is 11.9. The third-order valence-electron chi connectivity index (χ3n) is 3.11. The first-order chi connectivity index (χ1) is 10.5. The lowest BCUT2D eigenvalue weighted by Gasteiger charge is -2.25. The van der Waals surface area contributed by atoms with Gasteiger partial charge in [0.2, 0.25) is 5.91 Å². The molecule has 0 rings (SSSR count). The van der Waals surface area contributed by atoms with Crippen molar-refractivity contribution in [2.75, 3.05) is 6.61 Å². The highest BCUT2D eigenvalue weighted by molar-refractivity contribution is 5.78. The van der Waals surface area contributed by atoms with Crippen molar-refractivity contribution in [2.24, 2.45) is 11.7 Å². The summed E-state index contributed by atoms with van der Waals surface area (Å²) >= 11 is 0. The van der Waals surface area contributed by atoms with Crippen LogP contribution in [-0.4, -0.2) is 36.4 Å². The zero-order valence-electron chi connectivity index (χ0n) is 15.5. The van der Waals surface area contributed by atoms with Crippen molar-refractivity contribution >= 4 is 12.0 Å². The summed E-state index contributed by atoms with van der Waals surface area (Å²) < 4.78 is 10.9. The van der Waals surface area contributed by atoms with Gasteiger partial charge in [-0.25, -0.2) is 4.79 Å². The predicted octanol–water partition coefficient (Wildman–Crippen LogP) is 2.99. The molecular weight excluding hydrogens is 296 g/mol. The Morgan fingerprint density at radius 3 is 2.26 bits per heavy atom. The third-order valence-corrected chi connectivity index (χ3v) is 3.11. The fourth-order valence-electron chi connectivity index (χ4n) is 2.14. The van der Waals surface area contributed by atoms with E-state index in [0.717, 1.165) is 19.3 Å². The van der Waals surface area contributed by atoms with Crippen LogP contribution in [0.15, 0.2) is 0 Å². The van der Waals surface area contributed by atoms with Crippen LogP contribution in [0, 0.1) is 5.92 Å². The summed E-state index contributed by atoms with van der Waals surface area (Å²) in [6.45, 7) is 11.9. The highest BCUT2D eigenvalue weighted by atomic mass is 16.6. The molecule has 0 aromatic heterocycles. The predicted molar refractivity (Wildman–Crippen MR) is 91.1 cm³/mol. The number of hydrogen-bond acceptors (Lipinski definition) is 4. The van der Waals surface area contributed by atoms with E-state index >= 15 is 0 Å². The average molecular weight is 330 g/mol. The molecule has 2 amide bonds. The second kappa shape index (κ2) is 10.5. The number of nitrogens with one attached hydrogen (secondary N) is 1. The van der Waals surface area contributed by atoms with Crippen molar-refractivity contribution in [2.45, 2.75) is 85.0 Å². The van der Waals surface area contributed by atoms with E-state index in [1.165, 1.54) is 0 Å². The summed E-state index contributed by atoms with van der Waals surface area (Å²) in [6, 6.07) is -0.215. The average Bonchev–Trinajstić information content (AvgIpc) is 2.34. The summed E-state index contributed by atoms with van der Waals surface area (Å²) in [5.74, 6) is -0.0831. The molecule has 0 aromatic rings. The topological polar surface area (TPSA) is 90.7 Å². The molecule has 0 aromatic carbocycles. The number of carbonyl (C=O) groups is 2. The van der Waals surface area contributed by atoms with Crippen LogP contribution >= 0.6 is 0 Å². The summed E-state index contributed by atoms with van der Waals surface area (Å²) in [5.41, 5.74) is 4.82. The van der Waals surface area contributed by atoms with E-state index in [-0.39, 0.29) is 12.6 Å². The summed E-state index contributed by atoms with van der Waals surface area (Å²) in [6.07, 6.45) is 2.10. The van der Waals surface area contributed by atoms with Crippen molar-refractivity contribution in [3.63, 3.8) is 0 Å². The molecule has 0 spiro atoms. The molecule has 0 saturated carbocycles. The van der Waals surface area contributed by atoms with Gasteiger partial charge >= 0.3 is 6.09 Å². The second-order valence-corrected chi connectivity index (χ2v) is 7.34. The molecule has 136 valence electrons. The molecule has 0 aliphatic carbocycles. The molecule has 0 saturated heterocycles. The number of primary amides is 1. The SMILES string of the molecule is CCCC[C@H](OC[C@H](CC(C)C)NC(=O)OC(C)(C)C)C(N)=O. The van der Waals surface area contributed by atoms with Gasteiger partial charge in [0, 0.05) is 0 Å². The summed E-state index contributed by atoms with van der Waals surface area (Å²) in [4.78, 5) is 23.4. The van der Waals surface area contributed by atoms with Gasteiger partial charge in [0.15, 0.2) is 0 Å². The number of hydrogen-bond donors (Lipinski definition) is 2. The van der Waals surface area contributed by atoms with Crippen LogP contribution in [0.3, 0.4) is 0 Å². The van der Waals surface area contributed by atoms with Crippen LogP contribution in [0.2, 0.25) is 0 Å². The van der Waals surface area contributed by atoms with E-state index in [1.54, 1.807) is 0 Å². The van der Waals surface area contributed by atoms with Crippen molar-refractivity contribution in [1.29, 1.82) is 0 Å². The number of rotatable bonds is 10. The maximum Gasteiger partial charge on any atom is 0.407 e. The van der Waals surface area contributed by atoms with Crippen LogP contribution in [0.25, 0.3) is 0 Å². The first-order valence-electron chi connectivity index (χ1n) is 8.45. The van der Waals surface area contributed by atoms with Crippen LogP contribution in [0.5, 0.6) is 0 Å².